The van der Waals surface area contributed by atoms with E-state index in [0.29, 0.717) is 25.1 Å². The van der Waals surface area contributed by atoms with Gasteiger partial charge in [0.1, 0.15) is 0 Å². The molecule has 0 bridgehead atoms. The standard InChI is InChI=1S/C23H32N2O4S/c1-17-12-13-20(30(27,28)25-23(3,4)5)16-21(17)22(26)24-14-9-15-29-18(2)19-10-7-6-8-11-19/h6-8,10-13,16,18,25H,9,14-15H2,1-5H3,(H,24,26). The van der Waals surface area contributed by atoms with Gasteiger partial charge in [0.25, 0.3) is 5.91 Å². The monoisotopic (exact) mass is 432 g/mol. The van der Waals surface area contributed by atoms with Gasteiger partial charge in [-0.2, -0.15) is 0 Å². The summed E-state index contributed by atoms with van der Waals surface area (Å²) in [6, 6.07) is 14.5. The molecular weight excluding hydrogens is 400 g/mol. The molecule has 164 valence electrons. The molecule has 0 aliphatic rings. The summed E-state index contributed by atoms with van der Waals surface area (Å²) in [5, 5.41) is 2.85. The molecule has 0 spiro atoms. The molecule has 1 atom stereocenters. The maximum Gasteiger partial charge on any atom is 0.251 e. The number of sulfonamides is 1. The fourth-order valence-electron chi connectivity index (χ4n) is 2.92. The van der Waals surface area contributed by atoms with Gasteiger partial charge in [0.05, 0.1) is 11.0 Å². The summed E-state index contributed by atoms with van der Waals surface area (Å²) in [4.78, 5) is 12.7. The molecule has 2 rings (SSSR count). The Morgan fingerprint density at radius 1 is 1.10 bits per heavy atom. The van der Waals surface area contributed by atoms with E-state index in [4.69, 9.17) is 4.74 Å². The number of carbonyl (C=O) groups is 1. The highest BCUT2D eigenvalue weighted by atomic mass is 32.2. The van der Waals surface area contributed by atoms with Crippen LogP contribution in [0.15, 0.2) is 53.4 Å². The van der Waals surface area contributed by atoms with Gasteiger partial charge in [-0.3, -0.25) is 4.79 Å². The molecule has 2 aromatic rings. The van der Waals surface area contributed by atoms with Crippen molar-refractivity contribution in [2.45, 2.75) is 57.6 Å². The lowest BCUT2D eigenvalue weighted by Crippen LogP contribution is -2.40. The van der Waals surface area contributed by atoms with Crippen molar-refractivity contribution in [2.24, 2.45) is 0 Å². The number of amides is 1. The van der Waals surface area contributed by atoms with Gasteiger partial charge in [0, 0.05) is 24.3 Å². The summed E-state index contributed by atoms with van der Waals surface area (Å²) in [6.07, 6.45) is 0.646. The minimum Gasteiger partial charge on any atom is -0.374 e. The van der Waals surface area contributed by atoms with E-state index in [-0.39, 0.29) is 16.9 Å². The van der Waals surface area contributed by atoms with Crippen LogP contribution in [0.1, 0.15) is 61.7 Å². The van der Waals surface area contributed by atoms with E-state index in [2.05, 4.69) is 10.0 Å². The normalized spacial score (nSPS) is 13.1. The molecule has 2 aromatic carbocycles. The van der Waals surface area contributed by atoms with Crippen molar-refractivity contribution in [3.8, 4) is 0 Å². The molecule has 0 radical (unpaired) electrons. The molecule has 2 N–H and O–H groups in total. The van der Waals surface area contributed by atoms with Gasteiger partial charge in [-0.05, 0) is 64.3 Å². The molecule has 0 saturated heterocycles. The van der Waals surface area contributed by atoms with E-state index >= 15 is 0 Å². The third kappa shape index (κ3) is 7.23. The maximum absolute atomic E-state index is 12.6. The van der Waals surface area contributed by atoms with Crippen molar-refractivity contribution in [1.82, 2.24) is 10.0 Å². The van der Waals surface area contributed by atoms with Crippen molar-refractivity contribution < 1.29 is 17.9 Å². The van der Waals surface area contributed by atoms with E-state index in [9.17, 15) is 13.2 Å². The average Bonchev–Trinajstić information content (AvgIpc) is 2.66. The predicted octanol–water partition coefficient (Wildman–Crippen LogP) is 3.97. The molecule has 0 fully saturated rings. The second-order valence-electron chi connectivity index (χ2n) is 8.37. The van der Waals surface area contributed by atoms with E-state index in [1.54, 1.807) is 33.8 Å². The van der Waals surface area contributed by atoms with E-state index < -0.39 is 15.6 Å². The van der Waals surface area contributed by atoms with Gasteiger partial charge in [-0.15, -0.1) is 0 Å². The molecule has 0 heterocycles. The Kier molecular flexibility index (Phi) is 8.18. The van der Waals surface area contributed by atoms with Gasteiger partial charge >= 0.3 is 0 Å². The summed E-state index contributed by atoms with van der Waals surface area (Å²) in [5.74, 6) is -0.295. The zero-order valence-electron chi connectivity index (χ0n) is 18.4. The van der Waals surface area contributed by atoms with E-state index in [1.807, 2.05) is 37.3 Å². The van der Waals surface area contributed by atoms with Crippen molar-refractivity contribution in [1.29, 1.82) is 0 Å². The molecule has 0 aromatic heterocycles. The molecule has 1 amide bonds. The fraction of sp³-hybridized carbons (Fsp3) is 0.435. The van der Waals surface area contributed by atoms with Crippen LogP contribution in [0.4, 0.5) is 0 Å². The number of nitrogens with one attached hydrogen (secondary N) is 2. The quantitative estimate of drug-likeness (QED) is 0.587. The highest BCUT2D eigenvalue weighted by Crippen LogP contribution is 2.18. The van der Waals surface area contributed by atoms with Crippen LogP contribution in [0.5, 0.6) is 0 Å². The van der Waals surface area contributed by atoms with Crippen LogP contribution in [0.2, 0.25) is 0 Å². The third-order valence-corrected chi connectivity index (χ3v) is 6.20. The molecular formula is C23H32N2O4S. The number of aryl methyl sites for hydroxylation is 1. The molecule has 30 heavy (non-hydrogen) atoms. The first-order valence-corrected chi connectivity index (χ1v) is 11.6. The highest BCUT2D eigenvalue weighted by Gasteiger charge is 2.23. The predicted molar refractivity (Wildman–Crippen MR) is 119 cm³/mol. The Morgan fingerprint density at radius 3 is 2.40 bits per heavy atom. The molecule has 0 aliphatic carbocycles. The zero-order chi connectivity index (χ0) is 22.4. The number of ether oxygens (including phenoxy) is 1. The Labute approximate surface area is 180 Å². The zero-order valence-corrected chi connectivity index (χ0v) is 19.2. The number of hydrogen-bond donors (Lipinski definition) is 2. The van der Waals surface area contributed by atoms with Crippen LogP contribution in [0, 0.1) is 6.92 Å². The Bertz CT molecular complexity index is 951. The van der Waals surface area contributed by atoms with Crippen LogP contribution in [-0.4, -0.2) is 33.0 Å². The summed E-state index contributed by atoms with van der Waals surface area (Å²) in [5.41, 5.74) is 1.57. The Morgan fingerprint density at radius 2 is 1.77 bits per heavy atom. The molecule has 1 unspecified atom stereocenters. The largest absolute Gasteiger partial charge is 0.374 e. The van der Waals surface area contributed by atoms with Crippen molar-refractivity contribution >= 4 is 15.9 Å². The number of hydrogen-bond acceptors (Lipinski definition) is 4. The van der Waals surface area contributed by atoms with Crippen molar-refractivity contribution in [3.63, 3.8) is 0 Å². The van der Waals surface area contributed by atoms with Gasteiger partial charge in [-0.1, -0.05) is 36.4 Å². The van der Waals surface area contributed by atoms with E-state index in [1.165, 1.54) is 12.1 Å². The summed E-state index contributed by atoms with van der Waals surface area (Å²) in [7, 11) is -3.71. The van der Waals surface area contributed by atoms with Gasteiger partial charge in [-0.25, -0.2) is 13.1 Å². The molecule has 6 nitrogen and oxygen atoms in total. The molecule has 7 heteroatoms. The highest BCUT2D eigenvalue weighted by molar-refractivity contribution is 7.89. The average molecular weight is 433 g/mol. The van der Waals surface area contributed by atoms with Crippen LogP contribution in [-0.2, 0) is 14.8 Å². The number of benzene rings is 2. The molecule has 0 aliphatic heterocycles. The summed E-state index contributed by atoms with van der Waals surface area (Å²) < 4.78 is 33.5. The van der Waals surface area contributed by atoms with Crippen LogP contribution in [0.25, 0.3) is 0 Å². The molecule has 0 saturated carbocycles. The summed E-state index contributed by atoms with van der Waals surface area (Å²) in [6.45, 7) is 10.0. The van der Waals surface area contributed by atoms with Gasteiger partial charge in [0.15, 0.2) is 0 Å². The number of carbonyl (C=O) groups excluding carboxylic acids is 1. The SMILES string of the molecule is Cc1ccc(S(=O)(=O)NC(C)(C)C)cc1C(=O)NCCCOC(C)c1ccccc1. The van der Waals surface area contributed by atoms with Gasteiger partial charge < -0.3 is 10.1 Å². The second kappa shape index (κ2) is 10.2. The summed E-state index contributed by atoms with van der Waals surface area (Å²) >= 11 is 0. The fourth-order valence-corrected chi connectivity index (χ4v) is 4.37. The van der Waals surface area contributed by atoms with Crippen LogP contribution >= 0.6 is 0 Å². The lowest BCUT2D eigenvalue weighted by atomic mass is 10.1. The number of rotatable bonds is 9. The van der Waals surface area contributed by atoms with Crippen LogP contribution < -0.4 is 10.0 Å². The van der Waals surface area contributed by atoms with Crippen molar-refractivity contribution in [2.75, 3.05) is 13.2 Å². The first-order valence-electron chi connectivity index (χ1n) is 10.1. The van der Waals surface area contributed by atoms with E-state index in [0.717, 1.165) is 11.1 Å². The first kappa shape index (κ1) is 24.1. The topological polar surface area (TPSA) is 84.5 Å². The minimum atomic E-state index is -3.71. The van der Waals surface area contributed by atoms with Crippen LogP contribution in [0.3, 0.4) is 0 Å². The smallest absolute Gasteiger partial charge is 0.251 e. The Balaban J connectivity index is 1.91. The maximum atomic E-state index is 12.6. The minimum absolute atomic E-state index is 0.0126. The second-order valence-corrected chi connectivity index (χ2v) is 10.0. The van der Waals surface area contributed by atoms with Gasteiger partial charge in [0.2, 0.25) is 10.0 Å². The third-order valence-electron chi connectivity index (χ3n) is 4.45. The lowest BCUT2D eigenvalue weighted by molar-refractivity contribution is 0.0635. The Hall–Kier alpha value is -2.22. The lowest BCUT2D eigenvalue weighted by Gasteiger charge is -2.20. The first-order chi connectivity index (χ1) is 14.0. The van der Waals surface area contributed by atoms with Crippen molar-refractivity contribution in [3.05, 3.63) is 65.2 Å².